The van der Waals surface area contributed by atoms with E-state index in [-0.39, 0.29) is 23.8 Å². The molecule has 0 aromatic carbocycles. The fraction of sp³-hybridized carbons (Fsp3) is 0.846. The largest absolute Gasteiger partial charge is 0.383 e. The molecule has 2 heterocycles. The van der Waals surface area contributed by atoms with Gasteiger partial charge in [0.25, 0.3) is 0 Å². The summed E-state index contributed by atoms with van der Waals surface area (Å²) >= 11 is 0. The van der Waals surface area contributed by atoms with Crippen LogP contribution >= 0.6 is 0 Å². The van der Waals surface area contributed by atoms with Gasteiger partial charge in [0.1, 0.15) is 0 Å². The molecule has 0 spiro atoms. The SMILES string of the molecule is COC[C@@H](C)N1C[C@H](C(=O)N2CCOCC2)CC1=O. The highest BCUT2D eigenvalue weighted by Gasteiger charge is 2.38. The van der Waals surface area contributed by atoms with E-state index >= 15 is 0 Å². The normalized spacial score (nSPS) is 25.8. The second kappa shape index (κ2) is 6.34. The van der Waals surface area contributed by atoms with Crippen LogP contribution in [0.3, 0.4) is 0 Å². The molecule has 108 valence electrons. The second-order valence-electron chi connectivity index (χ2n) is 5.19. The van der Waals surface area contributed by atoms with Crippen molar-refractivity contribution in [3.05, 3.63) is 0 Å². The number of carbonyl (C=O) groups excluding carboxylic acids is 2. The Kier molecular flexibility index (Phi) is 4.76. The molecule has 0 bridgehead atoms. The fourth-order valence-electron chi connectivity index (χ4n) is 2.70. The number of hydrogen-bond donors (Lipinski definition) is 0. The summed E-state index contributed by atoms with van der Waals surface area (Å²) < 4.78 is 10.3. The maximum atomic E-state index is 12.3. The van der Waals surface area contributed by atoms with E-state index in [9.17, 15) is 9.59 Å². The summed E-state index contributed by atoms with van der Waals surface area (Å²) in [6, 6.07) is 0.0278. The molecular weight excluding hydrogens is 248 g/mol. The monoisotopic (exact) mass is 270 g/mol. The van der Waals surface area contributed by atoms with Crippen molar-refractivity contribution in [3.63, 3.8) is 0 Å². The third kappa shape index (κ3) is 3.25. The topological polar surface area (TPSA) is 59.1 Å². The molecule has 2 amide bonds. The van der Waals surface area contributed by atoms with Gasteiger partial charge in [0.2, 0.25) is 11.8 Å². The molecule has 2 aliphatic heterocycles. The lowest BCUT2D eigenvalue weighted by Crippen LogP contribution is -2.45. The molecule has 0 aromatic rings. The zero-order valence-corrected chi connectivity index (χ0v) is 11.6. The maximum Gasteiger partial charge on any atom is 0.228 e. The first kappa shape index (κ1) is 14.3. The molecule has 0 N–H and O–H groups in total. The molecule has 0 saturated carbocycles. The van der Waals surface area contributed by atoms with E-state index in [0.29, 0.717) is 45.9 Å². The summed E-state index contributed by atoms with van der Waals surface area (Å²) in [7, 11) is 1.62. The minimum absolute atomic E-state index is 0.0278. The Hall–Kier alpha value is -1.14. The van der Waals surface area contributed by atoms with Gasteiger partial charge >= 0.3 is 0 Å². The summed E-state index contributed by atoms with van der Waals surface area (Å²) in [6.45, 7) is 5.42. The van der Waals surface area contributed by atoms with Gasteiger partial charge in [-0.1, -0.05) is 0 Å². The average molecular weight is 270 g/mol. The Labute approximate surface area is 113 Å². The van der Waals surface area contributed by atoms with E-state index < -0.39 is 0 Å². The van der Waals surface area contributed by atoms with Crippen molar-refractivity contribution in [3.8, 4) is 0 Å². The zero-order chi connectivity index (χ0) is 13.8. The Balaban J connectivity index is 1.92. The quantitative estimate of drug-likeness (QED) is 0.705. The number of likely N-dealkylation sites (tertiary alicyclic amines) is 1. The molecule has 2 fully saturated rings. The van der Waals surface area contributed by atoms with Crippen LogP contribution in [0.15, 0.2) is 0 Å². The van der Waals surface area contributed by atoms with Gasteiger partial charge in [-0.05, 0) is 6.92 Å². The molecular formula is C13H22N2O4. The average Bonchev–Trinajstić information content (AvgIpc) is 2.81. The van der Waals surface area contributed by atoms with Crippen molar-refractivity contribution < 1.29 is 19.1 Å². The first-order chi connectivity index (χ1) is 9.13. The first-order valence-corrected chi connectivity index (χ1v) is 6.78. The van der Waals surface area contributed by atoms with Crippen LogP contribution in [0.5, 0.6) is 0 Å². The number of amides is 2. The predicted octanol–water partition coefficient (Wildman–Crippen LogP) is -0.271. The number of hydrogen-bond acceptors (Lipinski definition) is 4. The van der Waals surface area contributed by atoms with Gasteiger partial charge in [-0.25, -0.2) is 0 Å². The Morgan fingerprint density at radius 1 is 1.47 bits per heavy atom. The van der Waals surface area contributed by atoms with Crippen molar-refractivity contribution in [2.75, 3.05) is 46.6 Å². The Bertz CT molecular complexity index is 342. The highest BCUT2D eigenvalue weighted by atomic mass is 16.5. The third-order valence-corrected chi connectivity index (χ3v) is 3.77. The van der Waals surface area contributed by atoms with Gasteiger partial charge in [-0.2, -0.15) is 0 Å². The van der Waals surface area contributed by atoms with Crippen LogP contribution in [0.1, 0.15) is 13.3 Å². The summed E-state index contributed by atoms with van der Waals surface area (Å²) in [6.07, 6.45) is 0.324. The van der Waals surface area contributed by atoms with Crippen LogP contribution < -0.4 is 0 Å². The van der Waals surface area contributed by atoms with Crippen molar-refractivity contribution in [1.82, 2.24) is 9.80 Å². The molecule has 6 nitrogen and oxygen atoms in total. The van der Waals surface area contributed by atoms with E-state index in [2.05, 4.69) is 0 Å². The van der Waals surface area contributed by atoms with Gasteiger partial charge in [-0.15, -0.1) is 0 Å². The van der Waals surface area contributed by atoms with Crippen molar-refractivity contribution in [2.24, 2.45) is 5.92 Å². The summed E-state index contributed by atoms with van der Waals surface area (Å²) in [5.74, 6) is -0.0650. The summed E-state index contributed by atoms with van der Waals surface area (Å²) in [5, 5.41) is 0. The molecule has 0 aliphatic carbocycles. The molecule has 0 aromatic heterocycles. The maximum absolute atomic E-state index is 12.3. The number of nitrogens with zero attached hydrogens (tertiary/aromatic N) is 2. The molecule has 19 heavy (non-hydrogen) atoms. The highest BCUT2D eigenvalue weighted by molar-refractivity contribution is 5.89. The predicted molar refractivity (Wildman–Crippen MR) is 68.6 cm³/mol. The number of methoxy groups -OCH3 is 1. The van der Waals surface area contributed by atoms with Crippen LogP contribution in [0.25, 0.3) is 0 Å². The summed E-state index contributed by atoms with van der Waals surface area (Å²) in [4.78, 5) is 27.9. The van der Waals surface area contributed by atoms with Crippen LogP contribution in [0.2, 0.25) is 0 Å². The second-order valence-corrected chi connectivity index (χ2v) is 5.19. The molecule has 2 atom stereocenters. The van der Waals surface area contributed by atoms with Crippen molar-refractivity contribution >= 4 is 11.8 Å². The van der Waals surface area contributed by atoms with Crippen molar-refractivity contribution in [1.29, 1.82) is 0 Å². The van der Waals surface area contributed by atoms with Gasteiger partial charge < -0.3 is 19.3 Å². The number of rotatable bonds is 4. The first-order valence-electron chi connectivity index (χ1n) is 6.78. The Morgan fingerprint density at radius 2 is 2.16 bits per heavy atom. The molecule has 0 unspecified atom stereocenters. The van der Waals surface area contributed by atoms with Gasteiger partial charge in [-0.3, -0.25) is 9.59 Å². The lowest BCUT2D eigenvalue weighted by molar-refractivity contribution is -0.139. The lowest BCUT2D eigenvalue weighted by atomic mass is 10.1. The van der Waals surface area contributed by atoms with Gasteiger partial charge in [0, 0.05) is 33.2 Å². The molecule has 2 saturated heterocycles. The van der Waals surface area contributed by atoms with Gasteiger partial charge in [0.15, 0.2) is 0 Å². The third-order valence-electron chi connectivity index (χ3n) is 3.77. The van der Waals surface area contributed by atoms with Crippen LogP contribution in [-0.4, -0.2) is 74.2 Å². The zero-order valence-electron chi connectivity index (χ0n) is 11.6. The smallest absolute Gasteiger partial charge is 0.228 e. The highest BCUT2D eigenvalue weighted by Crippen LogP contribution is 2.22. The minimum atomic E-state index is -0.204. The molecule has 0 radical (unpaired) electrons. The van der Waals surface area contributed by atoms with E-state index in [4.69, 9.17) is 9.47 Å². The van der Waals surface area contributed by atoms with E-state index in [1.54, 1.807) is 12.0 Å². The number of carbonyl (C=O) groups is 2. The van der Waals surface area contributed by atoms with Crippen LogP contribution in [-0.2, 0) is 19.1 Å². The summed E-state index contributed by atoms with van der Waals surface area (Å²) in [5.41, 5.74) is 0. The minimum Gasteiger partial charge on any atom is -0.383 e. The number of ether oxygens (including phenoxy) is 2. The standard InChI is InChI=1S/C13H22N2O4/c1-10(9-18-2)15-8-11(7-12(15)16)13(17)14-3-5-19-6-4-14/h10-11H,3-9H2,1-2H3/t10-,11-/m1/s1. The lowest BCUT2D eigenvalue weighted by Gasteiger charge is -2.29. The van der Waals surface area contributed by atoms with E-state index in [0.717, 1.165) is 0 Å². The van der Waals surface area contributed by atoms with E-state index in [1.165, 1.54) is 0 Å². The van der Waals surface area contributed by atoms with E-state index in [1.807, 2.05) is 11.8 Å². The van der Waals surface area contributed by atoms with Crippen LogP contribution in [0.4, 0.5) is 0 Å². The molecule has 2 aliphatic rings. The Morgan fingerprint density at radius 3 is 2.79 bits per heavy atom. The number of morpholine rings is 1. The van der Waals surface area contributed by atoms with Gasteiger partial charge in [0.05, 0.1) is 31.8 Å². The van der Waals surface area contributed by atoms with Crippen molar-refractivity contribution in [2.45, 2.75) is 19.4 Å². The molecule has 2 rings (SSSR count). The fourth-order valence-corrected chi connectivity index (χ4v) is 2.70. The van der Waals surface area contributed by atoms with Crippen LogP contribution in [0, 0.1) is 5.92 Å². The molecule has 6 heteroatoms.